The Bertz CT molecular complexity index is 1600. The molecular formula is C26H21N3O5S2. The molecule has 0 saturated heterocycles. The lowest BCUT2D eigenvalue weighted by Crippen LogP contribution is -2.18. The van der Waals surface area contributed by atoms with E-state index in [2.05, 4.69) is 10.0 Å². The largest absolute Gasteiger partial charge is 0.465 e. The Hall–Kier alpha value is -4.28. The number of hydrogen-bond donors (Lipinski definition) is 3. The second-order valence-corrected chi connectivity index (χ2v) is 9.88. The number of carbonyl (C=O) groups excluding carboxylic acids is 2. The summed E-state index contributed by atoms with van der Waals surface area (Å²) in [5, 5.41) is 4.32. The zero-order chi connectivity index (χ0) is 25.9. The minimum absolute atomic E-state index is 0.000773. The van der Waals surface area contributed by atoms with E-state index in [0.717, 1.165) is 10.8 Å². The van der Waals surface area contributed by atoms with Crippen molar-refractivity contribution in [1.29, 1.82) is 0 Å². The van der Waals surface area contributed by atoms with Crippen LogP contribution in [-0.2, 0) is 14.8 Å². The van der Waals surface area contributed by atoms with Crippen molar-refractivity contribution in [3.05, 3.63) is 102 Å². The maximum atomic E-state index is 13.2. The monoisotopic (exact) mass is 519 g/mol. The minimum Gasteiger partial charge on any atom is -0.465 e. The van der Waals surface area contributed by atoms with Crippen LogP contribution in [0.2, 0.25) is 0 Å². The molecule has 36 heavy (non-hydrogen) atoms. The third-order valence-electron chi connectivity index (χ3n) is 5.40. The van der Waals surface area contributed by atoms with Gasteiger partial charge in [0.05, 0.1) is 28.9 Å². The van der Waals surface area contributed by atoms with E-state index in [0.29, 0.717) is 11.1 Å². The molecule has 0 aromatic heterocycles. The van der Waals surface area contributed by atoms with Crippen LogP contribution in [0.3, 0.4) is 0 Å². The van der Waals surface area contributed by atoms with Crippen molar-refractivity contribution in [3.8, 4) is 0 Å². The number of carbonyl (C=O) groups is 2. The molecule has 4 aromatic carbocycles. The number of fused-ring (bicyclic) bond motifs is 1. The number of sulfonamides is 1. The summed E-state index contributed by atoms with van der Waals surface area (Å²) in [6.45, 7) is 0. The molecule has 4 aromatic rings. The maximum Gasteiger partial charge on any atom is 0.337 e. The Kier molecular flexibility index (Phi) is 7.00. The molecule has 0 bridgehead atoms. The lowest BCUT2D eigenvalue weighted by atomic mass is 10.1. The van der Waals surface area contributed by atoms with Crippen LogP contribution in [0, 0.1) is 0 Å². The van der Waals surface area contributed by atoms with Crippen LogP contribution < -0.4 is 15.8 Å². The van der Waals surface area contributed by atoms with E-state index in [4.69, 9.17) is 22.7 Å². The number of nitrogens with one attached hydrogen (secondary N) is 2. The highest BCUT2D eigenvalue weighted by Crippen LogP contribution is 2.28. The van der Waals surface area contributed by atoms with E-state index < -0.39 is 21.9 Å². The SMILES string of the molecule is COC(=O)c1ccc(NC(=O)c2ccc(C(N)=S)cc2)c(NS(=O)(=O)c2ccc3ccccc3c2)c1. The highest BCUT2D eigenvalue weighted by molar-refractivity contribution is 7.92. The van der Waals surface area contributed by atoms with Crippen molar-refractivity contribution in [2.24, 2.45) is 5.73 Å². The van der Waals surface area contributed by atoms with Crippen LogP contribution in [0.5, 0.6) is 0 Å². The number of benzene rings is 4. The standard InChI is InChI=1S/C26H21N3O5S2/c1-34-26(31)20-11-13-22(28-25(30)18-8-6-17(7-9-18)24(27)35)23(15-20)29-36(32,33)21-12-10-16-4-2-3-5-19(16)14-21/h2-15,29H,1H3,(H2,27,35)(H,28,30). The Labute approximate surface area is 213 Å². The van der Waals surface area contributed by atoms with Crippen molar-refractivity contribution < 1.29 is 22.7 Å². The summed E-state index contributed by atoms with van der Waals surface area (Å²) in [5.74, 6) is -1.16. The lowest BCUT2D eigenvalue weighted by molar-refractivity contribution is 0.0600. The number of anilines is 2. The summed E-state index contributed by atoms with van der Waals surface area (Å²) < 4.78 is 33.7. The van der Waals surface area contributed by atoms with Crippen molar-refractivity contribution in [2.75, 3.05) is 17.1 Å². The summed E-state index contributed by atoms with van der Waals surface area (Å²) in [6.07, 6.45) is 0. The van der Waals surface area contributed by atoms with Gasteiger partial charge in [0.1, 0.15) is 4.99 Å². The quantitative estimate of drug-likeness (QED) is 0.245. The average molecular weight is 520 g/mol. The van der Waals surface area contributed by atoms with Crippen LogP contribution in [0.25, 0.3) is 10.8 Å². The number of nitrogens with two attached hydrogens (primary N) is 1. The number of esters is 1. The van der Waals surface area contributed by atoms with Crippen LogP contribution in [0.4, 0.5) is 11.4 Å². The maximum absolute atomic E-state index is 13.2. The van der Waals surface area contributed by atoms with Crippen LogP contribution >= 0.6 is 12.2 Å². The molecular weight excluding hydrogens is 498 g/mol. The van der Waals surface area contributed by atoms with E-state index in [9.17, 15) is 18.0 Å². The van der Waals surface area contributed by atoms with Gasteiger partial charge in [0.2, 0.25) is 0 Å². The van der Waals surface area contributed by atoms with E-state index in [1.807, 2.05) is 18.2 Å². The van der Waals surface area contributed by atoms with E-state index >= 15 is 0 Å². The molecule has 0 aliphatic carbocycles. The highest BCUT2D eigenvalue weighted by atomic mass is 32.2. The van der Waals surface area contributed by atoms with Gasteiger partial charge in [0.25, 0.3) is 15.9 Å². The zero-order valence-electron chi connectivity index (χ0n) is 19.0. The number of ether oxygens (including phenoxy) is 1. The Morgan fingerprint density at radius 3 is 2.11 bits per heavy atom. The van der Waals surface area contributed by atoms with E-state index in [-0.39, 0.29) is 26.8 Å². The fourth-order valence-corrected chi connectivity index (χ4v) is 4.74. The molecule has 0 spiro atoms. The van der Waals surface area contributed by atoms with Gasteiger partial charge in [-0.15, -0.1) is 0 Å². The van der Waals surface area contributed by atoms with Crippen molar-refractivity contribution in [1.82, 2.24) is 0 Å². The molecule has 0 fully saturated rings. The van der Waals surface area contributed by atoms with Gasteiger partial charge in [0, 0.05) is 11.1 Å². The summed E-state index contributed by atoms with van der Waals surface area (Å²) in [6, 6.07) is 22.5. The predicted molar refractivity (Wildman–Crippen MR) is 143 cm³/mol. The fourth-order valence-electron chi connectivity index (χ4n) is 3.50. The van der Waals surface area contributed by atoms with Crippen molar-refractivity contribution >= 4 is 61.3 Å². The minimum atomic E-state index is -4.07. The smallest absolute Gasteiger partial charge is 0.337 e. The number of amides is 1. The number of rotatable bonds is 7. The molecule has 4 rings (SSSR count). The van der Waals surface area contributed by atoms with Crippen LogP contribution in [0.15, 0.2) is 89.8 Å². The predicted octanol–water partition coefficient (Wildman–Crippen LogP) is 4.31. The molecule has 0 unspecified atom stereocenters. The molecule has 0 aliphatic heterocycles. The van der Waals surface area contributed by atoms with Gasteiger partial charge in [-0.05, 0) is 53.2 Å². The Morgan fingerprint density at radius 1 is 0.806 bits per heavy atom. The first kappa shape index (κ1) is 24.8. The molecule has 0 heterocycles. The van der Waals surface area contributed by atoms with Gasteiger partial charge in [-0.1, -0.05) is 54.7 Å². The molecule has 0 radical (unpaired) electrons. The number of thiocarbonyl (C=S) groups is 1. The summed E-state index contributed by atoms with van der Waals surface area (Å²) in [5.41, 5.74) is 6.76. The summed E-state index contributed by atoms with van der Waals surface area (Å²) in [4.78, 5) is 25.2. The number of methoxy groups -OCH3 is 1. The molecule has 4 N–H and O–H groups in total. The van der Waals surface area contributed by atoms with E-state index in [1.54, 1.807) is 42.5 Å². The van der Waals surface area contributed by atoms with Crippen molar-refractivity contribution in [2.45, 2.75) is 4.90 Å². The lowest BCUT2D eigenvalue weighted by Gasteiger charge is -2.15. The van der Waals surface area contributed by atoms with Gasteiger partial charge in [0.15, 0.2) is 0 Å². The van der Waals surface area contributed by atoms with E-state index in [1.165, 1.54) is 31.4 Å². The first-order valence-electron chi connectivity index (χ1n) is 10.6. The molecule has 10 heteroatoms. The highest BCUT2D eigenvalue weighted by Gasteiger charge is 2.20. The first-order chi connectivity index (χ1) is 17.2. The zero-order valence-corrected chi connectivity index (χ0v) is 20.7. The fraction of sp³-hybridized carbons (Fsp3) is 0.0385. The van der Waals surface area contributed by atoms with Gasteiger partial charge in [-0.25, -0.2) is 13.2 Å². The molecule has 8 nitrogen and oxygen atoms in total. The van der Waals surface area contributed by atoms with Gasteiger partial charge >= 0.3 is 5.97 Å². The third kappa shape index (κ3) is 5.35. The van der Waals surface area contributed by atoms with Crippen molar-refractivity contribution in [3.63, 3.8) is 0 Å². The van der Waals surface area contributed by atoms with Gasteiger partial charge in [-0.3, -0.25) is 9.52 Å². The van der Waals surface area contributed by atoms with Gasteiger partial charge < -0.3 is 15.8 Å². The van der Waals surface area contributed by atoms with Crippen LogP contribution in [0.1, 0.15) is 26.3 Å². The topological polar surface area (TPSA) is 128 Å². The summed E-state index contributed by atoms with van der Waals surface area (Å²) in [7, 11) is -2.86. The molecule has 182 valence electrons. The molecule has 0 atom stereocenters. The molecule has 0 saturated carbocycles. The Morgan fingerprint density at radius 2 is 1.44 bits per heavy atom. The van der Waals surface area contributed by atoms with Gasteiger partial charge in [-0.2, -0.15) is 0 Å². The molecule has 1 amide bonds. The normalized spacial score (nSPS) is 11.0. The molecule has 0 aliphatic rings. The Balaban J connectivity index is 1.68. The third-order valence-corrected chi connectivity index (χ3v) is 6.99. The summed E-state index contributed by atoms with van der Waals surface area (Å²) >= 11 is 4.93. The average Bonchev–Trinajstić information content (AvgIpc) is 2.88. The second-order valence-electron chi connectivity index (χ2n) is 7.76. The second kappa shape index (κ2) is 10.1. The first-order valence-corrected chi connectivity index (χ1v) is 12.5. The number of hydrogen-bond acceptors (Lipinski definition) is 6. The van der Waals surface area contributed by atoms with Crippen LogP contribution in [-0.4, -0.2) is 32.4 Å².